The Labute approximate surface area is 202 Å². The van der Waals surface area contributed by atoms with E-state index in [1.54, 1.807) is 26.2 Å². The number of aromatic nitrogens is 2. The van der Waals surface area contributed by atoms with Gasteiger partial charge in [0.1, 0.15) is 23.8 Å². The Morgan fingerprint density at radius 3 is 2.44 bits per heavy atom. The number of aryl methyl sites for hydroxylation is 2. The van der Waals surface area contributed by atoms with Crippen LogP contribution in [0.15, 0.2) is 36.4 Å². The molecule has 3 aromatic rings. The maximum Gasteiger partial charge on any atom is 0.253 e. The van der Waals surface area contributed by atoms with Gasteiger partial charge in [-0.1, -0.05) is 50.0 Å². The van der Waals surface area contributed by atoms with Gasteiger partial charge in [0.15, 0.2) is 5.78 Å². The second-order valence-electron chi connectivity index (χ2n) is 10.0. The molecule has 3 rings (SSSR count). The van der Waals surface area contributed by atoms with Crippen LogP contribution < -0.4 is 0 Å². The molecule has 0 radical (unpaired) electrons. The topological polar surface area (TPSA) is 84.7 Å². The average Bonchev–Trinajstić information content (AvgIpc) is 3.11. The van der Waals surface area contributed by atoms with Gasteiger partial charge in [0.25, 0.3) is 5.91 Å². The van der Waals surface area contributed by atoms with Crippen molar-refractivity contribution in [2.75, 3.05) is 20.7 Å². The number of benzene rings is 2. The number of Topliss-reactive ketones (excluding diaryl/α,β-unsaturated/α-hetero) is 1. The number of carbonyl (C=O) groups excluding carboxylic acids is 2. The van der Waals surface area contributed by atoms with Gasteiger partial charge >= 0.3 is 0 Å². The molecule has 2 aromatic carbocycles. The molecule has 7 nitrogen and oxygen atoms in total. The molecular formula is C26H35N3O4Si. The van der Waals surface area contributed by atoms with Gasteiger partial charge in [-0.25, -0.2) is 4.98 Å². The van der Waals surface area contributed by atoms with Crippen LogP contribution in [0.4, 0.5) is 0 Å². The van der Waals surface area contributed by atoms with Crippen molar-refractivity contribution in [2.45, 2.75) is 52.2 Å². The molecule has 0 saturated heterocycles. The largest absolute Gasteiger partial charge is 0.506 e. The molecule has 182 valence electrons. The number of nitrogens with zero attached hydrogens (tertiary/aromatic N) is 3. The van der Waals surface area contributed by atoms with Crippen molar-refractivity contribution in [3.05, 3.63) is 58.9 Å². The molecule has 0 fully saturated rings. The number of aromatic hydroxyl groups is 1. The fraction of sp³-hybridized carbons (Fsp3) is 0.423. The van der Waals surface area contributed by atoms with Gasteiger partial charge in [0.2, 0.25) is 0 Å². The van der Waals surface area contributed by atoms with Crippen LogP contribution in [0.25, 0.3) is 11.0 Å². The van der Waals surface area contributed by atoms with E-state index in [9.17, 15) is 14.7 Å². The first-order valence-corrected chi connectivity index (χ1v) is 15.3. The van der Waals surface area contributed by atoms with Crippen molar-refractivity contribution in [3.63, 3.8) is 0 Å². The number of imidazole rings is 1. The summed E-state index contributed by atoms with van der Waals surface area (Å²) in [5.41, 5.74) is 2.78. The van der Waals surface area contributed by atoms with Crippen LogP contribution in [0.2, 0.25) is 25.7 Å². The molecule has 34 heavy (non-hydrogen) atoms. The lowest BCUT2D eigenvalue weighted by Crippen LogP contribution is -2.24. The number of carbonyl (C=O) groups is 2. The lowest BCUT2D eigenvalue weighted by atomic mass is 9.96. The van der Waals surface area contributed by atoms with Crippen LogP contribution in [-0.2, 0) is 17.9 Å². The molecule has 1 aromatic heterocycles. The predicted octanol–water partition coefficient (Wildman–Crippen LogP) is 4.88. The minimum atomic E-state index is -1.24. The Balaban J connectivity index is 2.02. The number of ketones is 1. The smallest absolute Gasteiger partial charge is 0.253 e. The van der Waals surface area contributed by atoms with E-state index < -0.39 is 8.07 Å². The van der Waals surface area contributed by atoms with Gasteiger partial charge in [-0.3, -0.25) is 9.59 Å². The number of phenolic OH excluding ortho intramolecular Hbond substituents is 1. The Morgan fingerprint density at radius 1 is 1.15 bits per heavy atom. The second-order valence-corrected chi connectivity index (χ2v) is 15.7. The number of hydrogen-bond acceptors (Lipinski definition) is 5. The number of phenols is 1. The fourth-order valence-electron chi connectivity index (χ4n) is 3.85. The van der Waals surface area contributed by atoms with Crippen LogP contribution in [0, 0.1) is 6.92 Å². The van der Waals surface area contributed by atoms with Gasteiger partial charge in [-0.15, -0.1) is 0 Å². The van der Waals surface area contributed by atoms with E-state index in [4.69, 9.17) is 4.74 Å². The number of rotatable bonds is 10. The molecule has 1 N–H and O–H groups in total. The van der Waals surface area contributed by atoms with Crippen molar-refractivity contribution in [1.29, 1.82) is 0 Å². The summed E-state index contributed by atoms with van der Waals surface area (Å²) in [6.07, 6.45) is 0.581. The summed E-state index contributed by atoms with van der Waals surface area (Å²) in [5.74, 6) is 0.398. The van der Waals surface area contributed by atoms with Gasteiger partial charge in [0, 0.05) is 46.3 Å². The third kappa shape index (κ3) is 5.93. The summed E-state index contributed by atoms with van der Waals surface area (Å²) in [5, 5.41) is 10.7. The zero-order valence-corrected chi connectivity index (χ0v) is 22.0. The molecule has 0 bridgehead atoms. The van der Waals surface area contributed by atoms with Crippen molar-refractivity contribution in [3.8, 4) is 5.75 Å². The second kappa shape index (κ2) is 10.5. The number of amides is 1. The molecule has 1 heterocycles. The summed E-state index contributed by atoms with van der Waals surface area (Å²) in [6, 6.07) is 11.6. The van der Waals surface area contributed by atoms with Crippen molar-refractivity contribution >= 4 is 30.8 Å². The van der Waals surface area contributed by atoms with E-state index in [1.165, 1.54) is 11.0 Å². The highest BCUT2D eigenvalue weighted by atomic mass is 28.3. The lowest BCUT2D eigenvalue weighted by Gasteiger charge is -2.18. The zero-order chi connectivity index (χ0) is 25.0. The van der Waals surface area contributed by atoms with Crippen molar-refractivity contribution in [2.24, 2.45) is 0 Å². The fourth-order valence-corrected chi connectivity index (χ4v) is 4.61. The standard InChI is InChI=1S/C26H35N3O4Si/c1-18-27-24-23(31)16-21(26(32)28(2)3)20(12-13-22(30)19-10-8-7-9-11-19)25(24)29(18)17-33-14-15-34(4,5)6/h7-11,16,31H,12-15,17H2,1-6H3. The first kappa shape index (κ1) is 25.6. The van der Waals surface area contributed by atoms with Crippen LogP contribution in [0.5, 0.6) is 5.75 Å². The SMILES string of the molecule is Cc1nc2c(O)cc(C(=O)N(C)C)c(CCC(=O)c3ccccc3)c2n1COCC[Si](C)(C)C. The molecule has 0 aliphatic carbocycles. The predicted molar refractivity (Wildman–Crippen MR) is 137 cm³/mol. The summed E-state index contributed by atoms with van der Waals surface area (Å²) >= 11 is 0. The maximum atomic E-state index is 13.0. The normalized spacial score (nSPS) is 11.7. The number of ether oxygens (including phenoxy) is 1. The Bertz CT molecular complexity index is 1180. The third-order valence-corrected chi connectivity index (χ3v) is 7.55. The van der Waals surface area contributed by atoms with Gasteiger partial charge in [-0.05, 0) is 31.0 Å². The van der Waals surface area contributed by atoms with Gasteiger partial charge < -0.3 is 19.3 Å². The van der Waals surface area contributed by atoms with E-state index in [0.29, 0.717) is 46.6 Å². The van der Waals surface area contributed by atoms with E-state index >= 15 is 0 Å². The molecule has 0 saturated carbocycles. The molecule has 0 aliphatic heterocycles. The quantitative estimate of drug-likeness (QED) is 0.253. The van der Waals surface area contributed by atoms with E-state index in [0.717, 1.165) is 6.04 Å². The first-order chi connectivity index (χ1) is 16.0. The highest BCUT2D eigenvalue weighted by Gasteiger charge is 2.24. The Kier molecular flexibility index (Phi) is 7.94. The molecule has 0 spiro atoms. The highest BCUT2D eigenvalue weighted by Crippen LogP contribution is 2.33. The van der Waals surface area contributed by atoms with E-state index in [-0.39, 0.29) is 30.6 Å². The lowest BCUT2D eigenvalue weighted by molar-refractivity contribution is 0.0823. The number of fused-ring (bicyclic) bond motifs is 1. The molecule has 0 atom stereocenters. The highest BCUT2D eigenvalue weighted by molar-refractivity contribution is 6.76. The van der Waals surface area contributed by atoms with E-state index in [2.05, 4.69) is 24.6 Å². The van der Waals surface area contributed by atoms with Crippen molar-refractivity contribution in [1.82, 2.24) is 14.5 Å². The number of hydrogen-bond donors (Lipinski definition) is 1. The van der Waals surface area contributed by atoms with E-state index in [1.807, 2.05) is 29.7 Å². The Morgan fingerprint density at radius 2 is 1.82 bits per heavy atom. The van der Waals surface area contributed by atoms with Crippen LogP contribution >= 0.6 is 0 Å². The summed E-state index contributed by atoms with van der Waals surface area (Å²) in [6.45, 7) is 9.66. The summed E-state index contributed by atoms with van der Waals surface area (Å²) < 4.78 is 7.89. The maximum absolute atomic E-state index is 13.0. The molecule has 0 aliphatic rings. The molecule has 1 amide bonds. The Hall–Kier alpha value is -2.97. The average molecular weight is 482 g/mol. The first-order valence-electron chi connectivity index (χ1n) is 11.6. The third-order valence-electron chi connectivity index (χ3n) is 5.84. The molecular weight excluding hydrogens is 446 g/mol. The molecule has 0 unspecified atom stereocenters. The van der Waals surface area contributed by atoms with Crippen molar-refractivity contribution < 1.29 is 19.4 Å². The van der Waals surface area contributed by atoms with Crippen LogP contribution in [0.1, 0.15) is 38.5 Å². The van der Waals surface area contributed by atoms with Crippen LogP contribution in [-0.4, -0.2) is 60.0 Å². The molecule has 8 heteroatoms. The van der Waals surface area contributed by atoms with Gasteiger partial charge in [-0.2, -0.15) is 0 Å². The minimum Gasteiger partial charge on any atom is -0.506 e. The minimum absolute atomic E-state index is 0.000694. The summed E-state index contributed by atoms with van der Waals surface area (Å²) in [7, 11) is 2.10. The summed E-state index contributed by atoms with van der Waals surface area (Å²) in [4.78, 5) is 31.9. The van der Waals surface area contributed by atoms with Gasteiger partial charge in [0.05, 0.1) is 5.52 Å². The zero-order valence-electron chi connectivity index (χ0n) is 21.0. The monoisotopic (exact) mass is 481 g/mol. The van der Waals surface area contributed by atoms with Crippen LogP contribution in [0.3, 0.4) is 0 Å².